The van der Waals surface area contributed by atoms with E-state index in [4.69, 9.17) is 9.47 Å². The van der Waals surface area contributed by atoms with Gasteiger partial charge in [0, 0.05) is 18.8 Å². The summed E-state index contributed by atoms with van der Waals surface area (Å²) in [6.45, 7) is 12.3. The van der Waals surface area contributed by atoms with Gasteiger partial charge >= 0.3 is 5.97 Å². The number of benzene rings is 1. The molecule has 1 rings (SSSR count). The van der Waals surface area contributed by atoms with Crippen LogP contribution in [0.3, 0.4) is 0 Å². The van der Waals surface area contributed by atoms with Crippen LogP contribution in [0.5, 0.6) is 0 Å². The molecule has 0 saturated heterocycles. The largest absolute Gasteiger partial charge is 0.461 e. The zero-order valence-electron chi connectivity index (χ0n) is 17.2. The van der Waals surface area contributed by atoms with E-state index in [1.54, 1.807) is 0 Å². The van der Waals surface area contributed by atoms with Gasteiger partial charge in [-0.1, -0.05) is 57.2 Å². The van der Waals surface area contributed by atoms with Gasteiger partial charge in [0.1, 0.15) is 6.61 Å². The van der Waals surface area contributed by atoms with Gasteiger partial charge in [-0.05, 0) is 41.9 Å². The highest BCUT2D eigenvalue weighted by Gasteiger charge is 2.15. The van der Waals surface area contributed by atoms with Gasteiger partial charge in [0.15, 0.2) is 0 Å². The van der Waals surface area contributed by atoms with Crippen LogP contribution in [-0.2, 0) is 20.9 Å². The van der Waals surface area contributed by atoms with E-state index in [0.717, 1.165) is 36.5 Å². The number of hydrogen-bond acceptors (Lipinski definition) is 4. The van der Waals surface area contributed by atoms with Crippen molar-refractivity contribution in [3.05, 3.63) is 48.6 Å². The molecule has 152 valence electrons. The molecular weight excluding hydrogens is 356 g/mol. The maximum absolute atomic E-state index is 11.9. The first-order valence-electron chi connectivity index (χ1n) is 9.89. The molecule has 0 N–H and O–H groups in total. The van der Waals surface area contributed by atoms with Crippen LogP contribution in [0, 0.1) is 11.3 Å². The predicted molar refractivity (Wildman–Crippen MR) is 116 cm³/mol. The van der Waals surface area contributed by atoms with Gasteiger partial charge in [-0.3, -0.25) is 4.79 Å². The topological polar surface area (TPSA) is 35.5 Å². The number of carbonyl (C=O) groups excluding carboxylic acids is 1. The predicted octanol–water partition coefficient (Wildman–Crippen LogP) is 5.89. The average Bonchev–Trinajstić information content (AvgIpc) is 2.63. The summed E-state index contributed by atoms with van der Waals surface area (Å²) in [6, 6.07) is 9.77. The smallest absolute Gasteiger partial charge is 0.306 e. The standard InChI is InChI=1S/C23H36O3S/c1-5-12-23(3,4)13-16-27-17-15-25-14-11-20(2)18-22(24)26-19-21-9-7-6-8-10-21/h5-10,20H,1,11-19H2,2-4H3. The van der Waals surface area contributed by atoms with Crippen LogP contribution >= 0.6 is 11.8 Å². The van der Waals surface area contributed by atoms with Crippen molar-refractivity contribution in [2.75, 3.05) is 24.7 Å². The third-order valence-electron chi connectivity index (χ3n) is 4.50. The highest BCUT2D eigenvalue weighted by atomic mass is 32.2. The highest BCUT2D eigenvalue weighted by Crippen LogP contribution is 2.27. The van der Waals surface area contributed by atoms with Crippen LogP contribution in [0.2, 0.25) is 0 Å². The van der Waals surface area contributed by atoms with E-state index in [-0.39, 0.29) is 11.9 Å². The van der Waals surface area contributed by atoms with Crippen LogP contribution in [-0.4, -0.2) is 30.7 Å². The maximum atomic E-state index is 11.9. The van der Waals surface area contributed by atoms with Gasteiger partial charge in [-0.15, -0.1) is 6.58 Å². The Hall–Kier alpha value is -1.26. The Kier molecular flexibility index (Phi) is 12.2. The van der Waals surface area contributed by atoms with Gasteiger partial charge in [0.05, 0.1) is 6.61 Å². The van der Waals surface area contributed by atoms with E-state index in [0.29, 0.717) is 25.0 Å². The minimum Gasteiger partial charge on any atom is -0.461 e. The van der Waals surface area contributed by atoms with Crippen molar-refractivity contribution in [1.29, 1.82) is 0 Å². The first-order valence-corrected chi connectivity index (χ1v) is 11.0. The van der Waals surface area contributed by atoms with Crippen LogP contribution in [0.1, 0.15) is 52.0 Å². The first kappa shape index (κ1) is 23.8. The molecule has 0 saturated carbocycles. The molecule has 3 nitrogen and oxygen atoms in total. The molecule has 0 heterocycles. The third kappa shape index (κ3) is 12.7. The van der Waals surface area contributed by atoms with Crippen molar-refractivity contribution in [3.63, 3.8) is 0 Å². The van der Waals surface area contributed by atoms with Crippen molar-refractivity contribution >= 4 is 17.7 Å². The molecule has 0 amide bonds. The van der Waals surface area contributed by atoms with Crippen molar-refractivity contribution in [1.82, 2.24) is 0 Å². The number of allylic oxidation sites excluding steroid dienone is 1. The Labute approximate surface area is 169 Å². The van der Waals surface area contributed by atoms with Crippen LogP contribution in [0.25, 0.3) is 0 Å². The zero-order valence-corrected chi connectivity index (χ0v) is 18.1. The van der Waals surface area contributed by atoms with Crippen LogP contribution in [0.15, 0.2) is 43.0 Å². The van der Waals surface area contributed by atoms with Crippen LogP contribution in [0.4, 0.5) is 0 Å². The first-order chi connectivity index (χ1) is 12.9. The molecule has 0 aliphatic rings. The fourth-order valence-electron chi connectivity index (χ4n) is 2.63. The second-order valence-electron chi connectivity index (χ2n) is 7.88. The molecule has 0 aromatic heterocycles. The van der Waals surface area contributed by atoms with E-state index >= 15 is 0 Å². The average molecular weight is 393 g/mol. The summed E-state index contributed by atoms with van der Waals surface area (Å²) in [5.41, 5.74) is 1.37. The molecule has 1 aromatic carbocycles. The zero-order chi connectivity index (χ0) is 20.0. The second-order valence-corrected chi connectivity index (χ2v) is 9.10. The van der Waals surface area contributed by atoms with E-state index in [2.05, 4.69) is 27.4 Å². The summed E-state index contributed by atoms with van der Waals surface area (Å²) in [5.74, 6) is 2.33. The van der Waals surface area contributed by atoms with Crippen molar-refractivity contribution in [2.45, 2.75) is 53.1 Å². The molecule has 0 fully saturated rings. The Morgan fingerprint density at radius 2 is 1.96 bits per heavy atom. The fraction of sp³-hybridized carbons (Fsp3) is 0.609. The third-order valence-corrected chi connectivity index (χ3v) is 5.45. The minimum atomic E-state index is -0.135. The Balaban J connectivity index is 1.98. The van der Waals surface area contributed by atoms with Gasteiger partial charge in [-0.2, -0.15) is 11.8 Å². The lowest BCUT2D eigenvalue weighted by Gasteiger charge is -2.22. The Morgan fingerprint density at radius 3 is 2.67 bits per heavy atom. The molecule has 1 atom stereocenters. The molecular formula is C23H36O3S. The lowest BCUT2D eigenvalue weighted by atomic mass is 9.87. The van der Waals surface area contributed by atoms with E-state index in [1.807, 2.05) is 48.2 Å². The van der Waals surface area contributed by atoms with Crippen molar-refractivity contribution < 1.29 is 14.3 Å². The molecule has 4 heteroatoms. The maximum Gasteiger partial charge on any atom is 0.306 e. The monoisotopic (exact) mass is 392 g/mol. The van der Waals surface area contributed by atoms with Crippen molar-refractivity contribution in [3.8, 4) is 0 Å². The molecule has 0 radical (unpaired) electrons. The minimum absolute atomic E-state index is 0.135. The number of carbonyl (C=O) groups is 1. The number of rotatable bonds is 15. The molecule has 1 aromatic rings. The van der Waals surface area contributed by atoms with Gasteiger partial charge in [0.2, 0.25) is 0 Å². The van der Waals surface area contributed by atoms with E-state index in [9.17, 15) is 4.79 Å². The molecule has 0 aliphatic carbocycles. The lowest BCUT2D eigenvalue weighted by molar-refractivity contribution is -0.146. The normalized spacial score (nSPS) is 12.6. The molecule has 27 heavy (non-hydrogen) atoms. The van der Waals surface area contributed by atoms with E-state index < -0.39 is 0 Å². The van der Waals surface area contributed by atoms with Gasteiger partial charge in [0.25, 0.3) is 0 Å². The number of hydrogen-bond donors (Lipinski definition) is 0. The summed E-state index contributed by atoms with van der Waals surface area (Å²) < 4.78 is 11.0. The van der Waals surface area contributed by atoms with Gasteiger partial charge in [-0.25, -0.2) is 0 Å². The molecule has 1 unspecified atom stereocenters. The number of thioether (sulfide) groups is 1. The molecule has 0 bridgehead atoms. The summed E-state index contributed by atoms with van der Waals surface area (Å²) in [5, 5.41) is 0. The fourth-order valence-corrected chi connectivity index (χ4v) is 3.77. The molecule has 0 aliphatic heterocycles. The van der Waals surface area contributed by atoms with Crippen molar-refractivity contribution in [2.24, 2.45) is 11.3 Å². The number of esters is 1. The van der Waals surface area contributed by atoms with E-state index in [1.165, 1.54) is 6.42 Å². The summed E-state index contributed by atoms with van der Waals surface area (Å²) in [7, 11) is 0. The lowest BCUT2D eigenvalue weighted by Crippen LogP contribution is -2.12. The molecule has 0 spiro atoms. The Bertz CT molecular complexity index is 528. The quantitative estimate of drug-likeness (QED) is 0.212. The van der Waals surface area contributed by atoms with Gasteiger partial charge < -0.3 is 9.47 Å². The second kappa shape index (κ2) is 13.8. The summed E-state index contributed by atoms with van der Waals surface area (Å²) in [4.78, 5) is 11.9. The summed E-state index contributed by atoms with van der Waals surface area (Å²) >= 11 is 1.95. The SMILES string of the molecule is C=CCC(C)(C)CCSCCOCCC(C)CC(=O)OCc1ccccc1. The highest BCUT2D eigenvalue weighted by molar-refractivity contribution is 7.99. The van der Waals surface area contributed by atoms with Crippen LogP contribution < -0.4 is 0 Å². The summed E-state index contributed by atoms with van der Waals surface area (Å²) in [6.07, 6.45) is 5.61. The Morgan fingerprint density at radius 1 is 1.22 bits per heavy atom. The number of ether oxygens (including phenoxy) is 2.